The van der Waals surface area contributed by atoms with Crippen molar-refractivity contribution >= 4 is 29.0 Å². The second-order valence-corrected chi connectivity index (χ2v) is 7.50. The number of fused-ring (bicyclic) bond motifs is 1. The Balaban J connectivity index is 1.99. The van der Waals surface area contributed by atoms with Crippen molar-refractivity contribution < 1.29 is 4.79 Å². The van der Waals surface area contributed by atoms with E-state index in [0.29, 0.717) is 6.42 Å². The van der Waals surface area contributed by atoms with Crippen LogP contribution in [0, 0.1) is 11.3 Å². The SMILES string of the molecule is C[C@@H](CC#N)NC(=O)c1c(-n2cccc2)sc2c1CCSC2. The van der Waals surface area contributed by atoms with Crippen molar-refractivity contribution in [2.75, 3.05) is 5.75 Å². The summed E-state index contributed by atoms with van der Waals surface area (Å²) in [6.45, 7) is 1.87. The highest BCUT2D eigenvalue weighted by Gasteiger charge is 2.26. The minimum Gasteiger partial charge on any atom is -0.348 e. The summed E-state index contributed by atoms with van der Waals surface area (Å²) in [7, 11) is 0. The standard InChI is InChI=1S/C16H17N3OS2/c1-11(4-6-17)18-15(20)14-12-5-9-21-10-13(12)22-16(14)19-7-2-3-8-19/h2-3,7-8,11H,4-5,9-10H2,1H3,(H,18,20)/t11-/m0/s1. The molecule has 0 bridgehead atoms. The van der Waals surface area contributed by atoms with Crippen molar-refractivity contribution in [2.24, 2.45) is 0 Å². The second kappa shape index (κ2) is 6.59. The molecule has 22 heavy (non-hydrogen) atoms. The molecule has 0 radical (unpaired) electrons. The van der Waals surface area contributed by atoms with Gasteiger partial charge in [-0.2, -0.15) is 17.0 Å². The summed E-state index contributed by atoms with van der Waals surface area (Å²) in [4.78, 5) is 14.0. The summed E-state index contributed by atoms with van der Waals surface area (Å²) < 4.78 is 2.01. The van der Waals surface area contributed by atoms with Gasteiger partial charge in [0, 0.05) is 29.1 Å². The maximum absolute atomic E-state index is 12.7. The maximum Gasteiger partial charge on any atom is 0.254 e. The number of thiophene rings is 1. The summed E-state index contributed by atoms with van der Waals surface area (Å²) in [6, 6.07) is 5.90. The van der Waals surface area contributed by atoms with Crippen LogP contribution in [0.1, 0.15) is 34.1 Å². The first-order chi connectivity index (χ1) is 10.7. The van der Waals surface area contributed by atoms with Crippen molar-refractivity contribution in [3.8, 4) is 11.1 Å². The van der Waals surface area contributed by atoms with Gasteiger partial charge in [0.05, 0.1) is 18.1 Å². The van der Waals surface area contributed by atoms with Crippen LogP contribution in [0.4, 0.5) is 0 Å². The molecule has 6 heteroatoms. The molecule has 1 amide bonds. The van der Waals surface area contributed by atoms with Crippen molar-refractivity contribution in [3.63, 3.8) is 0 Å². The topological polar surface area (TPSA) is 57.8 Å². The third-order valence-corrected chi connectivity index (χ3v) is 6.06. The zero-order valence-corrected chi connectivity index (χ0v) is 14.0. The normalized spacial score (nSPS) is 14.9. The van der Waals surface area contributed by atoms with Gasteiger partial charge in [0.15, 0.2) is 0 Å². The van der Waals surface area contributed by atoms with Crippen molar-refractivity contribution in [2.45, 2.75) is 31.6 Å². The Morgan fingerprint density at radius 2 is 2.27 bits per heavy atom. The molecule has 1 aliphatic rings. The summed E-state index contributed by atoms with van der Waals surface area (Å²) in [6.07, 6.45) is 5.21. The molecule has 1 N–H and O–H groups in total. The lowest BCUT2D eigenvalue weighted by molar-refractivity contribution is 0.0940. The summed E-state index contributed by atoms with van der Waals surface area (Å²) in [5.41, 5.74) is 1.98. The third kappa shape index (κ3) is 2.92. The number of rotatable bonds is 4. The number of nitrogens with zero attached hydrogens (tertiary/aromatic N) is 2. The second-order valence-electron chi connectivity index (χ2n) is 5.31. The lowest BCUT2D eigenvalue weighted by Gasteiger charge is -2.15. The van der Waals surface area contributed by atoms with E-state index in [-0.39, 0.29) is 11.9 Å². The Labute approximate surface area is 138 Å². The Morgan fingerprint density at radius 3 is 3.00 bits per heavy atom. The van der Waals surface area contributed by atoms with Gasteiger partial charge in [-0.1, -0.05) is 0 Å². The summed E-state index contributed by atoms with van der Waals surface area (Å²) >= 11 is 3.62. The van der Waals surface area contributed by atoms with Gasteiger partial charge in [-0.05, 0) is 36.8 Å². The van der Waals surface area contributed by atoms with Crippen LogP contribution in [0.25, 0.3) is 5.00 Å². The largest absolute Gasteiger partial charge is 0.348 e. The van der Waals surface area contributed by atoms with Crippen LogP contribution < -0.4 is 5.32 Å². The minimum absolute atomic E-state index is 0.0594. The molecule has 114 valence electrons. The highest BCUT2D eigenvalue weighted by atomic mass is 32.2. The fourth-order valence-corrected chi connectivity index (χ4v) is 5.03. The van der Waals surface area contributed by atoms with E-state index in [0.717, 1.165) is 28.5 Å². The number of carbonyl (C=O) groups is 1. The van der Waals surface area contributed by atoms with Crippen molar-refractivity contribution in [1.29, 1.82) is 5.26 Å². The Hall–Kier alpha value is -1.71. The van der Waals surface area contributed by atoms with Crippen LogP contribution >= 0.6 is 23.1 Å². The average molecular weight is 331 g/mol. The molecule has 0 saturated heterocycles. The zero-order chi connectivity index (χ0) is 15.5. The molecule has 4 nitrogen and oxygen atoms in total. The number of hydrogen-bond donors (Lipinski definition) is 1. The number of hydrogen-bond acceptors (Lipinski definition) is 4. The van der Waals surface area contributed by atoms with Gasteiger partial charge >= 0.3 is 0 Å². The monoisotopic (exact) mass is 331 g/mol. The lowest BCUT2D eigenvalue weighted by Crippen LogP contribution is -2.33. The van der Waals surface area contributed by atoms with Gasteiger partial charge in [-0.25, -0.2) is 0 Å². The van der Waals surface area contributed by atoms with E-state index in [2.05, 4.69) is 11.4 Å². The molecule has 3 heterocycles. The minimum atomic E-state index is -0.136. The fraction of sp³-hybridized carbons (Fsp3) is 0.375. The molecule has 0 fully saturated rings. The predicted molar refractivity (Wildman–Crippen MR) is 90.7 cm³/mol. The fourth-order valence-electron chi connectivity index (χ4n) is 2.59. The van der Waals surface area contributed by atoms with E-state index in [1.807, 2.05) is 47.8 Å². The van der Waals surface area contributed by atoms with Crippen LogP contribution in [-0.2, 0) is 12.2 Å². The smallest absolute Gasteiger partial charge is 0.254 e. The van der Waals surface area contributed by atoms with E-state index in [1.165, 1.54) is 10.4 Å². The highest BCUT2D eigenvalue weighted by Crippen LogP contribution is 2.38. The molecular weight excluding hydrogens is 314 g/mol. The highest BCUT2D eigenvalue weighted by molar-refractivity contribution is 7.98. The molecule has 0 spiro atoms. The molecule has 0 aromatic carbocycles. The maximum atomic E-state index is 12.7. The number of carbonyl (C=O) groups excluding carboxylic acids is 1. The van der Waals surface area contributed by atoms with Gasteiger partial charge in [-0.3, -0.25) is 4.79 Å². The molecule has 0 aliphatic carbocycles. The summed E-state index contributed by atoms with van der Waals surface area (Å²) in [5.74, 6) is 1.98. The number of nitriles is 1. The van der Waals surface area contributed by atoms with E-state index in [4.69, 9.17) is 5.26 Å². The third-order valence-electron chi connectivity index (χ3n) is 3.64. The molecule has 2 aromatic rings. The summed E-state index contributed by atoms with van der Waals surface area (Å²) in [5, 5.41) is 12.7. The van der Waals surface area contributed by atoms with Crippen LogP contribution in [-0.4, -0.2) is 22.3 Å². The molecular formula is C16H17N3OS2. The van der Waals surface area contributed by atoms with Gasteiger partial charge in [0.1, 0.15) is 5.00 Å². The van der Waals surface area contributed by atoms with Crippen molar-refractivity contribution in [1.82, 2.24) is 9.88 Å². The van der Waals surface area contributed by atoms with E-state index < -0.39 is 0 Å². The molecule has 0 saturated carbocycles. The van der Waals surface area contributed by atoms with Gasteiger partial charge in [0.2, 0.25) is 0 Å². The molecule has 0 unspecified atom stereocenters. The van der Waals surface area contributed by atoms with E-state index in [1.54, 1.807) is 11.3 Å². The zero-order valence-electron chi connectivity index (χ0n) is 12.3. The van der Waals surface area contributed by atoms with Gasteiger partial charge < -0.3 is 9.88 Å². The van der Waals surface area contributed by atoms with Crippen LogP contribution in [0.5, 0.6) is 0 Å². The van der Waals surface area contributed by atoms with Crippen LogP contribution in [0.2, 0.25) is 0 Å². The number of thioether (sulfide) groups is 1. The molecule has 3 rings (SSSR count). The molecule has 1 atom stereocenters. The molecule has 2 aromatic heterocycles. The van der Waals surface area contributed by atoms with Crippen LogP contribution in [0.3, 0.4) is 0 Å². The van der Waals surface area contributed by atoms with Gasteiger partial charge in [-0.15, -0.1) is 11.3 Å². The van der Waals surface area contributed by atoms with E-state index >= 15 is 0 Å². The first-order valence-electron chi connectivity index (χ1n) is 7.24. The van der Waals surface area contributed by atoms with Crippen molar-refractivity contribution in [3.05, 3.63) is 40.5 Å². The Morgan fingerprint density at radius 1 is 1.50 bits per heavy atom. The quantitative estimate of drug-likeness (QED) is 0.934. The number of nitrogens with one attached hydrogen (secondary N) is 1. The first kappa shape index (κ1) is 15.2. The first-order valence-corrected chi connectivity index (χ1v) is 9.21. The average Bonchev–Trinajstić information content (AvgIpc) is 3.14. The number of amides is 1. The lowest BCUT2D eigenvalue weighted by atomic mass is 10.1. The Kier molecular flexibility index (Phi) is 4.55. The number of aromatic nitrogens is 1. The van der Waals surface area contributed by atoms with Gasteiger partial charge in [0.25, 0.3) is 5.91 Å². The van der Waals surface area contributed by atoms with Crippen LogP contribution in [0.15, 0.2) is 24.5 Å². The molecule has 1 aliphatic heterocycles. The van der Waals surface area contributed by atoms with E-state index in [9.17, 15) is 4.79 Å². The Bertz CT molecular complexity index is 713. The predicted octanol–water partition coefficient (Wildman–Crippen LogP) is 3.36.